The molecular weight excluding hydrogens is 361 g/mol. The number of rotatable bonds is 5. The normalized spacial score (nSPS) is 26.3. The monoisotopic (exact) mass is 381 g/mol. The quantitative estimate of drug-likeness (QED) is 0.752. The maximum atomic E-state index is 10.0. The number of hydrogen-bond donors (Lipinski definition) is 1. The van der Waals surface area contributed by atoms with Crippen LogP contribution in [-0.2, 0) is 11.3 Å². The Morgan fingerprint density at radius 2 is 1.84 bits per heavy atom. The number of aliphatic hydroxyl groups excluding tert-OH is 1. The lowest BCUT2D eigenvalue weighted by molar-refractivity contribution is -0.0571. The first-order valence-electron chi connectivity index (χ1n) is 8.75. The molecule has 2 aromatic rings. The molecule has 2 bridgehead atoms. The average Bonchev–Trinajstić information content (AvgIpc) is 2.96. The zero-order chi connectivity index (χ0) is 17.6. The Morgan fingerprint density at radius 1 is 1.20 bits per heavy atom. The molecule has 0 spiro atoms. The Bertz CT molecular complexity index is 738. The molecule has 1 unspecified atom stereocenters. The van der Waals surface area contributed by atoms with Gasteiger partial charge in [0.1, 0.15) is 11.8 Å². The maximum Gasteiger partial charge on any atom is 0.171 e. The second-order valence-electron chi connectivity index (χ2n) is 7.25. The van der Waals surface area contributed by atoms with Crippen molar-refractivity contribution in [2.45, 2.75) is 51.4 Å². The van der Waals surface area contributed by atoms with Crippen molar-refractivity contribution in [3.8, 4) is 11.3 Å². The molecule has 1 aromatic heterocycles. The first-order chi connectivity index (χ1) is 12.0. The molecule has 1 heterocycles. The van der Waals surface area contributed by atoms with E-state index >= 15 is 0 Å². The summed E-state index contributed by atoms with van der Waals surface area (Å²) in [5.74, 6) is 2.05. The van der Waals surface area contributed by atoms with Crippen LogP contribution in [0.5, 0.6) is 0 Å². The van der Waals surface area contributed by atoms with Crippen molar-refractivity contribution in [3.05, 3.63) is 39.6 Å². The molecule has 0 radical (unpaired) electrons. The van der Waals surface area contributed by atoms with Crippen LogP contribution in [0.15, 0.2) is 22.7 Å². The van der Waals surface area contributed by atoms with Crippen LogP contribution in [0.3, 0.4) is 0 Å². The van der Waals surface area contributed by atoms with Crippen LogP contribution in [0.2, 0.25) is 10.0 Å². The van der Waals surface area contributed by atoms with E-state index in [0.717, 1.165) is 30.2 Å². The van der Waals surface area contributed by atoms with E-state index < -0.39 is 6.10 Å². The van der Waals surface area contributed by atoms with Crippen molar-refractivity contribution in [2.24, 2.45) is 11.8 Å². The number of aromatic nitrogens is 1. The van der Waals surface area contributed by atoms with E-state index in [9.17, 15) is 5.11 Å². The fourth-order valence-corrected chi connectivity index (χ4v) is 4.72. The zero-order valence-corrected chi connectivity index (χ0v) is 15.6. The highest BCUT2D eigenvalue weighted by molar-refractivity contribution is 6.39. The molecule has 1 atom stereocenters. The van der Waals surface area contributed by atoms with E-state index in [2.05, 4.69) is 5.16 Å². The Morgan fingerprint density at radius 3 is 2.44 bits per heavy atom. The summed E-state index contributed by atoms with van der Waals surface area (Å²) in [7, 11) is 0. The molecular formula is C19H21Cl2NO3. The van der Waals surface area contributed by atoms with Crippen molar-refractivity contribution in [1.82, 2.24) is 5.16 Å². The number of halogens is 2. The molecule has 3 aliphatic rings. The van der Waals surface area contributed by atoms with E-state index in [-0.39, 0.29) is 6.10 Å². The number of nitrogens with zero attached hydrogens (tertiary/aromatic N) is 1. The Balaban J connectivity index is 1.62. The molecule has 1 N–H and O–H groups in total. The second kappa shape index (κ2) is 6.92. The summed E-state index contributed by atoms with van der Waals surface area (Å²) >= 11 is 12.7. The van der Waals surface area contributed by atoms with Gasteiger partial charge < -0.3 is 14.4 Å². The number of benzene rings is 1. The van der Waals surface area contributed by atoms with Crippen LogP contribution >= 0.6 is 23.2 Å². The molecule has 134 valence electrons. The van der Waals surface area contributed by atoms with Gasteiger partial charge in [0.2, 0.25) is 0 Å². The average molecular weight is 382 g/mol. The van der Waals surface area contributed by atoms with Crippen molar-refractivity contribution < 1.29 is 14.4 Å². The van der Waals surface area contributed by atoms with E-state index in [1.165, 1.54) is 12.8 Å². The highest BCUT2D eigenvalue weighted by Crippen LogP contribution is 2.47. The lowest BCUT2D eigenvalue weighted by Crippen LogP contribution is -2.37. The van der Waals surface area contributed by atoms with Crippen molar-refractivity contribution in [3.63, 3.8) is 0 Å². The first kappa shape index (κ1) is 17.3. The molecule has 0 amide bonds. The van der Waals surface area contributed by atoms with Gasteiger partial charge in [0, 0.05) is 5.56 Å². The number of aliphatic hydroxyl groups is 1. The number of ether oxygens (including phenoxy) is 1. The van der Waals surface area contributed by atoms with Gasteiger partial charge in [-0.15, -0.1) is 0 Å². The van der Waals surface area contributed by atoms with Gasteiger partial charge >= 0.3 is 0 Å². The zero-order valence-electron chi connectivity index (χ0n) is 14.0. The smallest absolute Gasteiger partial charge is 0.171 e. The molecule has 3 saturated carbocycles. The van der Waals surface area contributed by atoms with Gasteiger partial charge in [0.15, 0.2) is 5.76 Å². The third-order valence-corrected chi connectivity index (χ3v) is 6.02. The van der Waals surface area contributed by atoms with Crippen molar-refractivity contribution in [2.75, 3.05) is 0 Å². The predicted octanol–water partition coefficient (Wildman–Crippen LogP) is 5.41. The molecule has 3 fully saturated rings. The van der Waals surface area contributed by atoms with Crippen LogP contribution in [0, 0.1) is 11.8 Å². The Labute approximate surface area is 157 Å². The predicted molar refractivity (Wildman–Crippen MR) is 96.6 cm³/mol. The highest BCUT2D eigenvalue weighted by Gasteiger charge is 2.38. The largest absolute Gasteiger partial charge is 0.385 e. The minimum absolute atomic E-state index is 0.267. The molecule has 0 aliphatic heterocycles. The topological polar surface area (TPSA) is 55.5 Å². The van der Waals surface area contributed by atoms with Crippen molar-refractivity contribution in [1.29, 1.82) is 0 Å². The third kappa shape index (κ3) is 3.33. The van der Waals surface area contributed by atoms with Gasteiger partial charge in [-0.3, -0.25) is 0 Å². The first-order valence-corrected chi connectivity index (χ1v) is 9.51. The second-order valence-corrected chi connectivity index (χ2v) is 8.07. The van der Waals surface area contributed by atoms with Crippen LogP contribution in [-0.4, -0.2) is 16.4 Å². The number of fused-ring (bicyclic) bond motifs is 2. The summed E-state index contributed by atoms with van der Waals surface area (Å²) in [5, 5.41) is 15.2. The van der Waals surface area contributed by atoms with Gasteiger partial charge in [-0.2, -0.15) is 0 Å². The molecule has 1 aromatic carbocycles. The lowest BCUT2D eigenvalue weighted by Gasteiger charge is -2.45. The molecule has 3 aliphatic carbocycles. The minimum Gasteiger partial charge on any atom is -0.385 e. The summed E-state index contributed by atoms with van der Waals surface area (Å²) in [6.45, 7) is 1.99. The van der Waals surface area contributed by atoms with E-state index in [0.29, 0.717) is 33.7 Å². The Hall–Kier alpha value is -1.07. The van der Waals surface area contributed by atoms with Gasteiger partial charge in [0.05, 0.1) is 28.3 Å². The summed E-state index contributed by atoms with van der Waals surface area (Å²) in [5.41, 5.74) is 1.89. The lowest BCUT2D eigenvalue weighted by atomic mass is 9.64. The van der Waals surface area contributed by atoms with Crippen LogP contribution in [0.4, 0.5) is 0 Å². The standard InChI is InChI=1S/C19H21Cl2NO3/c1-10(23)19-14(9-24-13-7-11-5-12(6-11)8-13)18(22-25-19)17-15(20)3-2-4-16(17)21/h2-4,10-13,23H,5-9H2,1H3. The van der Waals surface area contributed by atoms with Crippen LogP contribution < -0.4 is 0 Å². The highest BCUT2D eigenvalue weighted by atomic mass is 35.5. The Kier molecular flexibility index (Phi) is 4.80. The molecule has 0 saturated heterocycles. The SMILES string of the molecule is CC(O)c1onc(-c2c(Cl)cccc2Cl)c1COC1CC2CC(C2)C1. The number of hydrogen-bond acceptors (Lipinski definition) is 4. The molecule has 5 rings (SSSR count). The molecule has 6 heteroatoms. The summed E-state index contributed by atoms with van der Waals surface area (Å²) < 4.78 is 11.6. The summed E-state index contributed by atoms with van der Waals surface area (Å²) in [4.78, 5) is 0. The molecule has 25 heavy (non-hydrogen) atoms. The van der Waals surface area contributed by atoms with E-state index in [4.69, 9.17) is 32.5 Å². The van der Waals surface area contributed by atoms with Crippen molar-refractivity contribution >= 4 is 23.2 Å². The van der Waals surface area contributed by atoms with Gasteiger partial charge in [-0.05, 0) is 56.6 Å². The maximum absolute atomic E-state index is 10.0. The molecule has 4 nitrogen and oxygen atoms in total. The fraction of sp³-hybridized carbons (Fsp3) is 0.526. The van der Waals surface area contributed by atoms with Crippen LogP contribution in [0.1, 0.15) is 50.0 Å². The summed E-state index contributed by atoms with van der Waals surface area (Å²) in [6.07, 6.45) is 4.44. The van der Waals surface area contributed by atoms with Crippen LogP contribution in [0.25, 0.3) is 11.3 Å². The fourth-order valence-electron chi connectivity index (χ4n) is 4.15. The van der Waals surface area contributed by atoms with E-state index in [1.54, 1.807) is 25.1 Å². The third-order valence-electron chi connectivity index (χ3n) is 5.39. The van der Waals surface area contributed by atoms with Gasteiger partial charge in [-0.1, -0.05) is 34.4 Å². The van der Waals surface area contributed by atoms with Gasteiger partial charge in [0.25, 0.3) is 0 Å². The van der Waals surface area contributed by atoms with Gasteiger partial charge in [-0.25, -0.2) is 0 Å². The summed E-state index contributed by atoms with van der Waals surface area (Å²) in [6, 6.07) is 5.31. The van der Waals surface area contributed by atoms with E-state index in [1.807, 2.05) is 0 Å². The minimum atomic E-state index is -0.777.